The zero-order chi connectivity index (χ0) is 77.4. The number of hydrogen-bond donors (Lipinski definition) is 22. The quantitative estimate of drug-likeness (QED) is 0.0274. The molecular formula is C63H93N17O23. The van der Waals surface area contributed by atoms with Crippen molar-refractivity contribution in [1.82, 2.24) is 68.7 Å². The number of unbranched alkanes of at least 4 members (excludes halogenated alkanes) is 1. The second-order valence-corrected chi connectivity index (χ2v) is 24.3. The highest BCUT2D eigenvalue weighted by Crippen LogP contribution is 2.19. The summed E-state index contributed by atoms with van der Waals surface area (Å²) in [6.07, 6.45) is -5.17. The number of carbonyl (C=O) groups excluding carboxylic acids is 15. The number of phenolic OH excluding ortho intramolecular Hbond substituents is 1. The minimum absolute atomic E-state index is 0.00604. The van der Waals surface area contributed by atoms with Crippen LogP contribution < -0.4 is 86.7 Å². The fraction of sp³-hybridized carbons (Fsp3) is 0.540. The highest BCUT2D eigenvalue weighted by molar-refractivity contribution is 6.00. The van der Waals surface area contributed by atoms with E-state index in [0.29, 0.717) is 24.9 Å². The Balaban J connectivity index is 1.76. The molecule has 26 N–H and O–H groups in total. The molecule has 15 amide bonds. The number of carbonyl (C=O) groups is 17. The van der Waals surface area contributed by atoms with Crippen molar-refractivity contribution in [2.75, 3.05) is 32.8 Å². The first-order valence-electron chi connectivity index (χ1n) is 32.6. The summed E-state index contributed by atoms with van der Waals surface area (Å²) >= 11 is 0. The van der Waals surface area contributed by atoms with E-state index in [1.807, 2.05) is 5.32 Å². The molecule has 103 heavy (non-hydrogen) atoms. The van der Waals surface area contributed by atoms with Crippen LogP contribution in [0.1, 0.15) is 96.6 Å². The number of aliphatic hydroxyl groups is 3. The molecule has 14 atom stereocenters. The lowest BCUT2D eigenvalue weighted by Gasteiger charge is -2.28. The van der Waals surface area contributed by atoms with Crippen molar-refractivity contribution in [3.05, 3.63) is 65.7 Å². The molecule has 0 unspecified atom stereocenters. The minimum atomic E-state index is -2.06. The maximum atomic E-state index is 14.2. The number of likely N-dealkylation sites (tertiary alicyclic amines) is 1. The van der Waals surface area contributed by atoms with Gasteiger partial charge in [-0.25, -0.2) is 4.79 Å². The molecule has 2 aromatic rings. The fourth-order valence-electron chi connectivity index (χ4n) is 10.1. The molecule has 568 valence electrons. The van der Waals surface area contributed by atoms with E-state index in [1.165, 1.54) is 38.1 Å². The zero-order valence-electron chi connectivity index (χ0n) is 57.0. The summed E-state index contributed by atoms with van der Waals surface area (Å²) in [5, 5.41) is 87.7. The van der Waals surface area contributed by atoms with E-state index in [-0.39, 0.29) is 50.0 Å². The van der Waals surface area contributed by atoms with E-state index in [9.17, 15) is 112 Å². The number of phenols is 1. The van der Waals surface area contributed by atoms with Crippen LogP contribution in [0, 0.1) is 0 Å². The third-order valence-corrected chi connectivity index (χ3v) is 15.7. The Morgan fingerprint density at radius 3 is 1.57 bits per heavy atom. The Morgan fingerprint density at radius 1 is 0.515 bits per heavy atom. The second kappa shape index (κ2) is 43.0. The second-order valence-electron chi connectivity index (χ2n) is 24.3. The number of rotatable bonds is 44. The average Bonchev–Trinajstić information content (AvgIpc) is 1.73. The molecule has 0 saturated carbocycles. The van der Waals surface area contributed by atoms with Crippen molar-refractivity contribution in [2.24, 2.45) is 22.9 Å². The van der Waals surface area contributed by atoms with Crippen LogP contribution in [0.25, 0.3) is 0 Å². The Labute approximate surface area is 589 Å². The summed E-state index contributed by atoms with van der Waals surface area (Å²) in [4.78, 5) is 224. The normalized spacial score (nSPS) is 16.2. The molecule has 3 rings (SSSR count). The number of hydrogen-bond acceptors (Lipinski definition) is 23. The third kappa shape index (κ3) is 30.0. The van der Waals surface area contributed by atoms with Crippen LogP contribution in [-0.4, -0.2) is 254 Å². The molecule has 2 aromatic carbocycles. The van der Waals surface area contributed by atoms with Gasteiger partial charge in [-0.15, -0.1) is 0 Å². The van der Waals surface area contributed by atoms with Crippen LogP contribution in [-0.2, 0) is 94.3 Å². The summed E-state index contributed by atoms with van der Waals surface area (Å²) in [7, 11) is 0. The first-order valence-corrected chi connectivity index (χ1v) is 32.6. The van der Waals surface area contributed by atoms with Crippen molar-refractivity contribution in [2.45, 2.75) is 183 Å². The third-order valence-electron chi connectivity index (χ3n) is 15.7. The molecule has 40 heteroatoms. The van der Waals surface area contributed by atoms with Crippen LogP contribution in [0.3, 0.4) is 0 Å². The summed E-state index contributed by atoms with van der Waals surface area (Å²) in [5.74, 6) is -19.4. The zero-order valence-corrected chi connectivity index (χ0v) is 57.0. The van der Waals surface area contributed by atoms with Gasteiger partial charge in [0, 0.05) is 25.8 Å². The molecular weight excluding hydrogens is 1360 g/mol. The maximum absolute atomic E-state index is 14.2. The molecule has 0 bridgehead atoms. The molecule has 1 heterocycles. The number of carboxylic acids is 2. The van der Waals surface area contributed by atoms with Crippen molar-refractivity contribution in [1.29, 1.82) is 0 Å². The van der Waals surface area contributed by atoms with Crippen LogP contribution in [0.5, 0.6) is 5.75 Å². The molecule has 1 aliphatic rings. The van der Waals surface area contributed by atoms with Crippen molar-refractivity contribution in [3.8, 4) is 5.75 Å². The molecule has 40 nitrogen and oxygen atoms in total. The Hall–Kier alpha value is -11.0. The Kier molecular flexibility index (Phi) is 36.0. The minimum Gasteiger partial charge on any atom is -0.508 e. The number of nitrogens with one attached hydrogen (secondary N) is 12. The first-order chi connectivity index (χ1) is 48.5. The highest BCUT2D eigenvalue weighted by atomic mass is 16.4. The van der Waals surface area contributed by atoms with Gasteiger partial charge in [0.25, 0.3) is 0 Å². The van der Waals surface area contributed by atoms with E-state index in [1.54, 1.807) is 30.3 Å². The van der Waals surface area contributed by atoms with Crippen molar-refractivity contribution >= 4 is 101 Å². The number of aromatic hydroxyl groups is 1. The summed E-state index contributed by atoms with van der Waals surface area (Å²) in [6.45, 7) is 2.12. The first kappa shape index (κ1) is 86.3. The van der Waals surface area contributed by atoms with Gasteiger partial charge >= 0.3 is 11.9 Å². The van der Waals surface area contributed by atoms with E-state index < -0.39 is 231 Å². The van der Waals surface area contributed by atoms with Crippen LogP contribution in [0.2, 0.25) is 0 Å². The standard InChI is InChI=1S/C63H93N17O23/c1-30(52(91)76-42(63(102)103)25-46(67)86)70-55(94)41(26-49(89)90)75-61(100)51(33(4)83)79-57(96)40(24-35-15-17-36(84)18-16-35)74-58(97)43(29-81)77-56(95)39(23-34-11-6-5-7-12-34)73-48(88)27-68-59(98)44-14-10-22-80(44)62(101)31(2)71-54(93)38(19-20-45(66)85)72-47(87)28-69-60(99)50(32(3)82)78-53(92)37(65)13-8-9-21-64/h5-7,11-12,15-18,30-33,37-44,50-51,81-84H,8-10,13-14,19-29,64-65H2,1-4H3,(H2,66,85)(H2,67,86)(H,68,98)(H,69,99)(H,70,94)(H,71,93)(H,72,87)(H,73,88)(H,74,97)(H,75,100)(H,76,91)(H,77,95)(H,78,92)(H,79,96)(H,89,90)(H,102,103)/t30-,31-,32+,33+,37-,38-,39-,40-,41-,42-,43-,44-,50-,51-/m0/s1. The van der Waals surface area contributed by atoms with Crippen LogP contribution in [0.4, 0.5) is 0 Å². The highest BCUT2D eigenvalue weighted by Gasteiger charge is 2.40. The van der Waals surface area contributed by atoms with E-state index in [2.05, 4.69) is 58.5 Å². The van der Waals surface area contributed by atoms with Crippen LogP contribution in [0.15, 0.2) is 54.6 Å². The number of benzene rings is 2. The number of aliphatic hydroxyl groups excluding tert-OH is 3. The SMILES string of the molecule is C[C@H](NC(=O)[C@H](CC(=O)O)NC(=O)[C@@H](NC(=O)[C@H](Cc1ccc(O)cc1)NC(=O)[C@H](CO)NC(=O)[C@H](Cc1ccccc1)NC(=O)CNC(=O)[C@@H]1CCCN1C(=O)[C@H](C)NC(=O)[C@H](CCC(N)=O)NC(=O)CNC(=O)[C@@H](NC(=O)[C@@H](N)CCCCN)[C@@H](C)O)[C@@H](C)O)C(=O)N[C@@H](CC(N)=O)C(=O)O. The molecule has 0 spiro atoms. The van der Waals surface area contributed by atoms with E-state index in [4.69, 9.17) is 22.9 Å². The van der Waals surface area contributed by atoms with Gasteiger partial charge in [-0.2, -0.15) is 0 Å². The molecule has 1 saturated heterocycles. The fourth-order valence-corrected chi connectivity index (χ4v) is 10.1. The summed E-state index contributed by atoms with van der Waals surface area (Å²) in [5.41, 5.74) is 22.4. The number of nitrogens with two attached hydrogens (primary N) is 4. The van der Waals surface area contributed by atoms with E-state index >= 15 is 0 Å². The topological polar surface area (TPSA) is 663 Å². The van der Waals surface area contributed by atoms with Gasteiger partial charge in [-0.3, -0.25) is 76.7 Å². The Bertz CT molecular complexity index is 3350. The number of primary amides is 2. The maximum Gasteiger partial charge on any atom is 0.326 e. The van der Waals surface area contributed by atoms with E-state index in [0.717, 1.165) is 18.7 Å². The monoisotopic (exact) mass is 1460 g/mol. The lowest BCUT2D eigenvalue weighted by Crippen LogP contribution is -2.62. The van der Waals surface area contributed by atoms with Crippen LogP contribution >= 0.6 is 0 Å². The lowest BCUT2D eigenvalue weighted by molar-refractivity contribution is -0.144. The van der Waals surface area contributed by atoms with Gasteiger partial charge in [-0.05, 0) is 89.6 Å². The number of amides is 15. The largest absolute Gasteiger partial charge is 0.508 e. The van der Waals surface area contributed by atoms with Gasteiger partial charge in [0.2, 0.25) is 88.6 Å². The van der Waals surface area contributed by atoms with Crippen molar-refractivity contribution < 1.29 is 112 Å². The summed E-state index contributed by atoms with van der Waals surface area (Å²) in [6, 6.07) is -6.45. The summed E-state index contributed by atoms with van der Waals surface area (Å²) < 4.78 is 0. The number of carboxylic acid groups (broad SMARTS) is 2. The smallest absolute Gasteiger partial charge is 0.326 e. The predicted molar refractivity (Wildman–Crippen MR) is 357 cm³/mol. The lowest BCUT2D eigenvalue weighted by atomic mass is 10.0. The van der Waals surface area contributed by atoms with Gasteiger partial charge in [-0.1, -0.05) is 48.9 Å². The number of nitrogens with zero attached hydrogens (tertiary/aromatic N) is 1. The average molecular weight is 1460 g/mol. The predicted octanol–water partition coefficient (Wildman–Crippen LogP) is -9.80. The number of aliphatic carboxylic acids is 2. The Morgan fingerprint density at radius 2 is 1.01 bits per heavy atom. The molecule has 0 radical (unpaired) electrons. The van der Waals surface area contributed by atoms with Gasteiger partial charge in [0.1, 0.15) is 72.2 Å². The van der Waals surface area contributed by atoms with Crippen molar-refractivity contribution in [3.63, 3.8) is 0 Å². The van der Waals surface area contributed by atoms with Gasteiger partial charge in [0.15, 0.2) is 0 Å². The van der Waals surface area contributed by atoms with Gasteiger partial charge < -0.3 is 122 Å². The molecule has 1 fully saturated rings. The molecule has 1 aliphatic heterocycles. The molecule has 0 aliphatic carbocycles. The molecule has 0 aromatic heterocycles. The van der Waals surface area contributed by atoms with Gasteiger partial charge in [0.05, 0.1) is 50.8 Å².